The molecule has 0 atom stereocenters. The van der Waals surface area contributed by atoms with Crippen LogP contribution in [0.2, 0.25) is 0 Å². The first-order chi connectivity index (χ1) is 17.6. The number of ether oxygens (including phenoxy) is 2. The zero-order valence-corrected chi connectivity index (χ0v) is 21.1. The quantitative estimate of drug-likeness (QED) is 0.273. The fraction of sp³-hybridized carbons (Fsp3) is 0.333. The highest BCUT2D eigenvalue weighted by Gasteiger charge is 2.15. The molecule has 2 amide bonds. The van der Waals surface area contributed by atoms with Crippen molar-refractivity contribution in [1.82, 2.24) is 9.80 Å². The van der Waals surface area contributed by atoms with Crippen LogP contribution < -0.4 is 0 Å². The van der Waals surface area contributed by atoms with Crippen LogP contribution in [0.3, 0.4) is 0 Å². The lowest BCUT2D eigenvalue weighted by molar-refractivity contribution is 0.0977. The third kappa shape index (κ3) is 11.6. The first-order valence-electron chi connectivity index (χ1n) is 12.4. The average molecular weight is 491 g/mol. The van der Waals surface area contributed by atoms with Crippen LogP contribution in [-0.2, 0) is 22.7 Å². The van der Waals surface area contributed by atoms with E-state index in [1.54, 1.807) is 15.9 Å². The number of hydrogen-bond acceptors (Lipinski definition) is 4. The third-order valence-electron chi connectivity index (χ3n) is 5.41. The summed E-state index contributed by atoms with van der Waals surface area (Å²) in [5.74, 6) is 0. The van der Waals surface area contributed by atoms with E-state index in [1.165, 1.54) is 0 Å². The fourth-order valence-electron chi connectivity index (χ4n) is 3.45. The molecular formula is C30H38N2O4. The number of carbonyl (C=O) groups is 2. The Morgan fingerprint density at radius 3 is 1.92 bits per heavy atom. The number of allylic oxidation sites excluding steroid dienone is 1. The SMILES string of the molecule is C=CCCCN(CC=C)C(=O)OCc1ccccc1.O=C(OCc1ccccc1)N1CCC=CCC1. The number of benzene rings is 2. The Morgan fingerprint density at radius 1 is 0.833 bits per heavy atom. The van der Waals surface area contributed by atoms with Crippen molar-refractivity contribution in [3.63, 3.8) is 0 Å². The van der Waals surface area contributed by atoms with Crippen molar-refractivity contribution >= 4 is 12.2 Å². The molecule has 0 aromatic heterocycles. The second-order valence-electron chi connectivity index (χ2n) is 8.28. The number of hydrogen-bond donors (Lipinski definition) is 0. The van der Waals surface area contributed by atoms with Gasteiger partial charge in [0.25, 0.3) is 0 Å². The van der Waals surface area contributed by atoms with Gasteiger partial charge in [-0.1, -0.05) is 85.0 Å². The zero-order valence-electron chi connectivity index (χ0n) is 21.1. The van der Waals surface area contributed by atoms with Crippen molar-refractivity contribution in [3.8, 4) is 0 Å². The molecule has 0 fully saturated rings. The van der Waals surface area contributed by atoms with Gasteiger partial charge >= 0.3 is 12.2 Å². The largest absolute Gasteiger partial charge is 0.445 e. The second kappa shape index (κ2) is 17.6. The summed E-state index contributed by atoms with van der Waals surface area (Å²) in [4.78, 5) is 27.1. The van der Waals surface area contributed by atoms with Gasteiger partial charge in [-0.15, -0.1) is 13.2 Å². The molecule has 0 bridgehead atoms. The van der Waals surface area contributed by atoms with Crippen molar-refractivity contribution in [2.45, 2.75) is 38.9 Å². The molecule has 2 aromatic carbocycles. The van der Waals surface area contributed by atoms with Crippen LogP contribution in [0.25, 0.3) is 0 Å². The van der Waals surface area contributed by atoms with Crippen molar-refractivity contribution in [2.24, 2.45) is 0 Å². The molecule has 0 saturated heterocycles. The molecule has 6 nitrogen and oxygen atoms in total. The van der Waals surface area contributed by atoms with Crippen molar-refractivity contribution in [3.05, 3.63) is 109 Å². The molecule has 1 heterocycles. The van der Waals surface area contributed by atoms with Gasteiger partial charge in [0.05, 0.1) is 0 Å². The lowest BCUT2D eigenvalue weighted by atomic mass is 10.2. The van der Waals surface area contributed by atoms with Crippen LogP contribution in [0.15, 0.2) is 98.1 Å². The summed E-state index contributed by atoms with van der Waals surface area (Å²) in [5, 5.41) is 0. The van der Waals surface area contributed by atoms with Gasteiger partial charge in [0, 0.05) is 26.2 Å². The summed E-state index contributed by atoms with van der Waals surface area (Å²) < 4.78 is 10.6. The minimum Gasteiger partial charge on any atom is -0.445 e. The molecule has 2 aromatic rings. The average Bonchev–Trinajstić information content (AvgIpc) is 3.21. The molecule has 36 heavy (non-hydrogen) atoms. The molecule has 192 valence electrons. The molecule has 0 unspecified atom stereocenters. The van der Waals surface area contributed by atoms with Crippen molar-refractivity contribution < 1.29 is 19.1 Å². The van der Waals surface area contributed by atoms with Gasteiger partial charge in [-0.05, 0) is 36.8 Å². The van der Waals surface area contributed by atoms with Gasteiger partial charge in [-0.25, -0.2) is 9.59 Å². The highest BCUT2D eigenvalue weighted by atomic mass is 16.6. The topological polar surface area (TPSA) is 59.1 Å². The number of unbranched alkanes of at least 4 members (excludes halogenated alkanes) is 1. The van der Waals surface area contributed by atoms with E-state index >= 15 is 0 Å². The smallest absolute Gasteiger partial charge is 0.410 e. The first-order valence-corrected chi connectivity index (χ1v) is 12.4. The zero-order chi connectivity index (χ0) is 25.8. The lowest BCUT2D eigenvalue weighted by Gasteiger charge is -2.20. The van der Waals surface area contributed by atoms with E-state index in [1.807, 2.05) is 66.7 Å². The van der Waals surface area contributed by atoms with Gasteiger partial charge in [-0.3, -0.25) is 0 Å². The van der Waals surface area contributed by atoms with Gasteiger partial charge in [-0.2, -0.15) is 0 Å². The number of nitrogens with zero attached hydrogens (tertiary/aromatic N) is 2. The fourth-order valence-corrected chi connectivity index (χ4v) is 3.45. The van der Waals surface area contributed by atoms with Crippen LogP contribution in [0.5, 0.6) is 0 Å². The van der Waals surface area contributed by atoms with Crippen LogP contribution in [0.1, 0.15) is 36.8 Å². The van der Waals surface area contributed by atoms with Gasteiger partial charge in [0.15, 0.2) is 0 Å². The Hall–Kier alpha value is -3.80. The van der Waals surface area contributed by atoms with Crippen LogP contribution >= 0.6 is 0 Å². The van der Waals surface area contributed by atoms with E-state index in [0.29, 0.717) is 26.3 Å². The standard InChI is InChI=1S/C16H21NO2.C14H17NO2/c1-3-5-9-13-17(12-4-2)16(18)19-14-15-10-7-6-8-11-15;16-14(15-10-6-1-2-7-11-15)17-12-13-8-4-3-5-9-13/h3-4,6-8,10-11H,1-2,5,9,12-14H2;1-5,8-9H,6-7,10-12H2. The first kappa shape index (κ1) is 28.4. The Kier molecular flexibility index (Phi) is 13.9. The molecular weight excluding hydrogens is 452 g/mol. The summed E-state index contributed by atoms with van der Waals surface area (Å²) in [6.45, 7) is 10.7. The van der Waals surface area contributed by atoms with Crippen LogP contribution in [0, 0.1) is 0 Å². The molecule has 1 aliphatic rings. The van der Waals surface area contributed by atoms with E-state index in [-0.39, 0.29) is 12.2 Å². The van der Waals surface area contributed by atoms with E-state index < -0.39 is 0 Å². The minimum absolute atomic E-state index is 0.211. The van der Waals surface area contributed by atoms with Crippen LogP contribution in [-0.4, -0.2) is 48.2 Å². The third-order valence-corrected chi connectivity index (χ3v) is 5.41. The van der Waals surface area contributed by atoms with Gasteiger partial charge in [0.1, 0.15) is 13.2 Å². The Morgan fingerprint density at radius 2 is 1.39 bits per heavy atom. The molecule has 6 heteroatoms. The molecule has 3 rings (SSSR count). The highest BCUT2D eigenvalue weighted by molar-refractivity contribution is 5.68. The predicted molar refractivity (Wildman–Crippen MR) is 144 cm³/mol. The monoisotopic (exact) mass is 490 g/mol. The van der Waals surface area contributed by atoms with Gasteiger partial charge in [0.2, 0.25) is 0 Å². The van der Waals surface area contributed by atoms with E-state index in [9.17, 15) is 9.59 Å². The molecule has 0 radical (unpaired) electrons. The number of rotatable bonds is 10. The Bertz CT molecular complexity index is 934. The summed E-state index contributed by atoms with van der Waals surface area (Å²) in [6, 6.07) is 19.4. The predicted octanol–water partition coefficient (Wildman–Crippen LogP) is 6.75. The molecule has 0 aliphatic carbocycles. The maximum Gasteiger partial charge on any atom is 0.410 e. The van der Waals surface area contributed by atoms with Crippen LogP contribution in [0.4, 0.5) is 9.59 Å². The molecule has 0 spiro atoms. The highest BCUT2D eigenvalue weighted by Crippen LogP contribution is 2.08. The van der Waals surface area contributed by atoms with E-state index in [2.05, 4.69) is 25.3 Å². The maximum atomic E-state index is 11.9. The summed E-state index contributed by atoms with van der Waals surface area (Å²) in [6.07, 6.45) is 10.9. The van der Waals surface area contributed by atoms with Gasteiger partial charge < -0.3 is 19.3 Å². The molecule has 1 aliphatic heterocycles. The van der Waals surface area contributed by atoms with E-state index in [0.717, 1.165) is 49.9 Å². The van der Waals surface area contributed by atoms with Crippen molar-refractivity contribution in [1.29, 1.82) is 0 Å². The van der Waals surface area contributed by atoms with Crippen molar-refractivity contribution in [2.75, 3.05) is 26.2 Å². The summed E-state index contributed by atoms with van der Waals surface area (Å²) >= 11 is 0. The second-order valence-corrected chi connectivity index (χ2v) is 8.28. The Labute approximate surface area is 215 Å². The number of carbonyl (C=O) groups excluding carboxylic acids is 2. The molecule has 0 saturated carbocycles. The summed E-state index contributed by atoms with van der Waals surface area (Å²) in [5.41, 5.74) is 2.01. The normalized spacial score (nSPS) is 12.4. The maximum absolute atomic E-state index is 11.9. The number of amides is 2. The lowest BCUT2D eigenvalue weighted by Crippen LogP contribution is -2.32. The summed E-state index contributed by atoms with van der Waals surface area (Å²) in [7, 11) is 0. The minimum atomic E-state index is -0.298. The molecule has 0 N–H and O–H groups in total. The van der Waals surface area contributed by atoms with E-state index in [4.69, 9.17) is 9.47 Å². The Balaban J connectivity index is 0.000000255.